The van der Waals surface area contributed by atoms with E-state index in [4.69, 9.17) is 0 Å². The van der Waals surface area contributed by atoms with Crippen LogP contribution in [0.2, 0.25) is 0 Å². The van der Waals surface area contributed by atoms with Gasteiger partial charge >= 0.3 is 0 Å². The Morgan fingerprint density at radius 3 is 2.57 bits per heavy atom. The van der Waals surface area contributed by atoms with E-state index >= 15 is 0 Å². The summed E-state index contributed by atoms with van der Waals surface area (Å²) in [7, 11) is 2.06. The maximum Gasteiger partial charge on any atom is 0.0767 e. The molecule has 2 rings (SSSR count). The third-order valence-electron chi connectivity index (χ3n) is 4.91. The average Bonchev–Trinajstić information content (AvgIpc) is 2.68. The monoisotopic (exact) mass is 356 g/mol. The maximum absolute atomic E-state index is 4.62. The molecule has 1 fully saturated rings. The molecule has 1 N–H and O–H groups in total. The lowest BCUT2D eigenvalue weighted by Gasteiger charge is -2.35. The molecule has 0 unspecified atom stereocenters. The molecule has 0 aromatic carbocycles. The van der Waals surface area contributed by atoms with Crippen LogP contribution < -0.4 is 5.32 Å². The van der Waals surface area contributed by atoms with Gasteiger partial charge in [0.2, 0.25) is 0 Å². The van der Waals surface area contributed by atoms with Crippen LogP contribution in [-0.2, 0) is 20.0 Å². The molecule has 1 saturated heterocycles. The Hall–Kier alpha value is -0.390. The van der Waals surface area contributed by atoms with Crippen molar-refractivity contribution in [1.82, 2.24) is 20.0 Å². The van der Waals surface area contributed by atoms with Crippen molar-refractivity contribution in [2.45, 2.75) is 58.5 Å². The van der Waals surface area contributed by atoms with E-state index < -0.39 is 0 Å². The fourth-order valence-corrected chi connectivity index (χ4v) is 4.02. The normalized spacial score (nSPS) is 19.7. The number of hydrogen-bond acceptors (Lipinski definition) is 3. The molecule has 4 nitrogen and oxygen atoms in total. The zero-order chi connectivity index (χ0) is 15.5. The number of rotatable bonds is 5. The Morgan fingerprint density at radius 2 is 2.00 bits per heavy atom. The number of aryl methyl sites for hydroxylation is 2. The maximum atomic E-state index is 4.62. The lowest BCUT2D eigenvalue weighted by Crippen LogP contribution is -2.50. The number of nitrogens with zero attached hydrogens (tertiary/aromatic N) is 3. The molecular formula is C16H29BrN4. The van der Waals surface area contributed by atoms with Crippen molar-refractivity contribution >= 4 is 15.9 Å². The van der Waals surface area contributed by atoms with Crippen molar-refractivity contribution in [2.75, 3.05) is 19.6 Å². The average molecular weight is 357 g/mol. The van der Waals surface area contributed by atoms with Crippen molar-refractivity contribution in [3.63, 3.8) is 0 Å². The summed E-state index contributed by atoms with van der Waals surface area (Å²) in [5, 5.41) is 8.40. The smallest absolute Gasteiger partial charge is 0.0767 e. The number of aromatic nitrogens is 2. The minimum Gasteiger partial charge on any atom is -0.310 e. The molecule has 21 heavy (non-hydrogen) atoms. The summed E-state index contributed by atoms with van der Waals surface area (Å²) < 4.78 is 3.24. The van der Waals surface area contributed by atoms with Crippen LogP contribution in [0, 0.1) is 0 Å². The first-order valence-electron chi connectivity index (χ1n) is 8.22. The molecule has 120 valence electrons. The standard InChI is InChI=1S/C16H29BrN4/c1-5-13-15(17)14(20(4)19-13)11-21-10-8-9-18-16(6-2,7-3)12-21/h18H,5-12H2,1-4H3. The van der Waals surface area contributed by atoms with Crippen molar-refractivity contribution in [2.24, 2.45) is 7.05 Å². The summed E-state index contributed by atoms with van der Waals surface area (Å²) in [5.41, 5.74) is 2.74. The Bertz CT molecular complexity index is 465. The predicted octanol–water partition coefficient (Wildman–Crippen LogP) is 3.10. The van der Waals surface area contributed by atoms with E-state index in [9.17, 15) is 0 Å². The zero-order valence-electron chi connectivity index (χ0n) is 13.9. The predicted molar refractivity (Wildman–Crippen MR) is 91.5 cm³/mol. The van der Waals surface area contributed by atoms with E-state index in [1.54, 1.807) is 0 Å². The van der Waals surface area contributed by atoms with Crippen LogP contribution >= 0.6 is 15.9 Å². The molecule has 2 heterocycles. The van der Waals surface area contributed by atoms with E-state index in [-0.39, 0.29) is 5.54 Å². The summed E-state index contributed by atoms with van der Waals surface area (Å²) in [6, 6.07) is 0. The van der Waals surface area contributed by atoms with Gasteiger partial charge < -0.3 is 5.32 Å². The van der Waals surface area contributed by atoms with Crippen LogP contribution in [0.5, 0.6) is 0 Å². The molecule has 1 aliphatic rings. The Balaban J connectivity index is 2.16. The largest absolute Gasteiger partial charge is 0.310 e. The third kappa shape index (κ3) is 3.69. The fourth-order valence-electron chi connectivity index (χ4n) is 3.28. The summed E-state index contributed by atoms with van der Waals surface area (Å²) >= 11 is 3.75. The van der Waals surface area contributed by atoms with Crippen LogP contribution in [0.3, 0.4) is 0 Å². The summed E-state index contributed by atoms with van der Waals surface area (Å²) in [4.78, 5) is 2.59. The second kappa shape index (κ2) is 7.25. The van der Waals surface area contributed by atoms with Crippen molar-refractivity contribution in [1.29, 1.82) is 0 Å². The van der Waals surface area contributed by atoms with Gasteiger partial charge in [0.1, 0.15) is 0 Å². The van der Waals surface area contributed by atoms with Gasteiger partial charge in [0.05, 0.1) is 15.9 Å². The molecule has 5 heteroatoms. The highest BCUT2D eigenvalue weighted by Crippen LogP contribution is 2.25. The number of nitrogens with one attached hydrogen (secondary N) is 1. The molecule has 1 aliphatic heterocycles. The lowest BCUT2D eigenvalue weighted by atomic mass is 9.92. The van der Waals surface area contributed by atoms with Gasteiger partial charge in [-0.25, -0.2) is 0 Å². The van der Waals surface area contributed by atoms with Crippen LogP contribution in [-0.4, -0.2) is 39.9 Å². The quantitative estimate of drug-likeness (QED) is 0.879. The van der Waals surface area contributed by atoms with E-state index in [1.807, 2.05) is 4.68 Å². The minimum atomic E-state index is 0.273. The molecule has 1 aromatic heterocycles. The third-order valence-corrected chi connectivity index (χ3v) is 5.82. The van der Waals surface area contributed by atoms with E-state index in [0.717, 1.165) is 38.3 Å². The SMILES string of the molecule is CCc1nn(C)c(CN2CCCNC(CC)(CC)C2)c1Br. The van der Waals surface area contributed by atoms with Gasteiger partial charge in [-0.3, -0.25) is 9.58 Å². The second-order valence-electron chi connectivity index (χ2n) is 6.16. The van der Waals surface area contributed by atoms with Gasteiger partial charge in [-0.05, 0) is 54.7 Å². The fraction of sp³-hybridized carbons (Fsp3) is 0.812. The van der Waals surface area contributed by atoms with Crippen LogP contribution in [0.4, 0.5) is 0 Å². The first-order chi connectivity index (χ1) is 10.0. The van der Waals surface area contributed by atoms with E-state index in [2.05, 4.69) is 59.1 Å². The highest BCUT2D eigenvalue weighted by molar-refractivity contribution is 9.10. The Morgan fingerprint density at radius 1 is 1.29 bits per heavy atom. The molecule has 0 radical (unpaired) electrons. The number of hydrogen-bond donors (Lipinski definition) is 1. The van der Waals surface area contributed by atoms with Crippen LogP contribution in [0.25, 0.3) is 0 Å². The molecule has 0 saturated carbocycles. The van der Waals surface area contributed by atoms with Gasteiger partial charge in [0.25, 0.3) is 0 Å². The van der Waals surface area contributed by atoms with Gasteiger partial charge in [-0.15, -0.1) is 0 Å². The summed E-state index contributed by atoms with van der Waals surface area (Å²) in [6.45, 7) is 11.2. The lowest BCUT2D eigenvalue weighted by molar-refractivity contribution is 0.187. The van der Waals surface area contributed by atoms with Crippen molar-refractivity contribution in [3.05, 3.63) is 15.9 Å². The topological polar surface area (TPSA) is 33.1 Å². The van der Waals surface area contributed by atoms with Gasteiger partial charge in [-0.1, -0.05) is 20.8 Å². The van der Waals surface area contributed by atoms with Crippen LogP contribution in [0.1, 0.15) is 51.4 Å². The highest BCUT2D eigenvalue weighted by Gasteiger charge is 2.30. The second-order valence-corrected chi connectivity index (χ2v) is 6.96. The number of halogens is 1. The zero-order valence-corrected chi connectivity index (χ0v) is 15.5. The van der Waals surface area contributed by atoms with E-state index in [1.165, 1.54) is 29.4 Å². The van der Waals surface area contributed by atoms with Crippen molar-refractivity contribution < 1.29 is 0 Å². The van der Waals surface area contributed by atoms with Gasteiger partial charge in [0, 0.05) is 25.7 Å². The molecule has 0 amide bonds. The Labute approximate surface area is 137 Å². The molecule has 0 aliphatic carbocycles. The van der Waals surface area contributed by atoms with Crippen LogP contribution in [0.15, 0.2) is 4.47 Å². The molecule has 0 atom stereocenters. The van der Waals surface area contributed by atoms with Crippen molar-refractivity contribution in [3.8, 4) is 0 Å². The minimum absolute atomic E-state index is 0.273. The molecule has 0 bridgehead atoms. The Kier molecular flexibility index (Phi) is 5.86. The van der Waals surface area contributed by atoms with Gasteiger partial charge in [-0.2, -0.15) is 5.10 Å². The first-order valence-corrected chi connectivity index (χ1v) is 9.02. The van der Waals surface area contributed by atoms with Gasteiger partial charge in [0.15, 0.2) is 0 Å². The summed E-state index contributed by atoms with van der Waals surface area (Å²) in [6.07, 6.45) is 4.57. The first kappa shape index (κ1) is 17.0. The highest BCUT2D eigenvalue weighted by atomic mass is 79.9. The molecule has 0 spiro atoms. The summed E-state index contributed by atoms with van der Waals surface area (Å²) in [5.74, 6) is 0. The molecular weight excluding hydrogens is 328 g/mol. The van der Waals surface area contributed by atoms with E-state index in [0.29, 0.717) is 0 Å². The molecule has 1 aromatic rings.